The molecule has 0 aliphatic carbocycles. The average Bonchev–Trinajstić information content (AvgIpc) is 2.70. The van der Waals surface area contributed by atoms with E-state index in [-0.39, 0.29) is 11.7 Å². The Morgan fingerprint density at radius 3 is 2.47 bits per heavy atom. The number of halogens is 1. The highest BCUT2D eigenvalue weighted by Crippen LogP contribution is 2.24. The van der Waals surface area contributed by atoms with Crippen LogP contribution in [0.2, 0.25) is 0 Å². The van der Waals surface area contributed by atoms with Gasteiger partial charge in [0, 0.05) is 0 Å². The molecule has 0 N–H and O–H groups in total. The highest BCUT2D eigenvalue weighted by Gasteiger charge is 2.13. The Balaban J connectivity index is 2.63. The summed E-state index contributed by atoms with van der Waals surface area (Å²) in [4.78, 5) is 1.32. The molecule has 0 aliphatic rings. The molecule has 0 radical (unpaired) electrons. The fourth-order valence-corrected chi connectivity index (χ4v) is 1.54. The number of rotatable bonds is 2. The van der Waals surface area contributed by atoms with Gasteiger partial charge in [-0.25, -0.2) is 4.39 Å². The molecule has 15 heavy (non-hydrogen) atoms. The third-order valence-electron chi connectivity index (χ3n) is 2.26. The minimum Gasteiger partial charge on any atom is -0.205 e. The van der Waals surface area contributed by atoms with E-state index in [1.807, 2.05) is 19.9 Å². The van der Waals surface area contributed by atoms with Crippen LogP contribution >= 0.6 is 0 Å². The normalized spacial score (nSPS) is 10.9. The Hall–Kier alpha value is -1.71. The molecule has 3 nitrogen and oxygen atoms in total. The van der Waals surface area contributed by atoms with Crippen LogP contribution in [0.15, 0.2) is 30.6 Å². The van der Waals surface area contributed by atoms with Gasteiger partial charge < -0.3 is 0 Å². The molecule has 0 saturated heterocycles. The molecule has 0 spiro atoms. The van der Waals surface area contributed by atoms with E-state index in [1.165, 1.54) is 23.3 Å². The molecule has 0 bridgehead atoms. The standard InChI is InChI=1S/C11H12FN3/c1-8(2)9-4-3-5-10(12)11(9)15-13-6-7-14-15/h3-8H,1-2H3. The van der Waals surface area contributed by atoms with Crippen LogP contribution in [0.1, 0.15) is 25.3 Å². The molecule has 78 valence electrons. The summed E-state index contributed by atoms with van der Waals surface area (Å²) in [6, 6.07) is 5.02. The van der Waals surface area contributed by atoms with Crippen molar-refractivity contribution < 1.29 is 4.39 Å². The van der Waals surface area contributed by atoms with Crippen molar-refractivity contribution in [2.75, 3.05) is 0 Å². The van der Waals surface area contributed by atoms with E-state index in [1.54, 1.807) is 6.07 Å². The van der Waals surface area contributed by atoms with Crippen molar-refractivity contribution in [2.45, 2.75) is 19.8 Å². The molecule has 1 aromatic heterocycles. The second-order valence-corrected chi connectivity index (χ2v) is 3.65. The van der Waals surface area contributed by atoms with Crippen molar-refractivity contribution in [3.8, 4) is 5.69 Å². The first-order chi connectivity index (χ1) is 7.20. The second-order valence-electron chi connectivity index (χ2n) is 3.65. The van der Waals surface area contributed by atoms with E-state index in [9.17, 15) is 4.39 Å². The number of aromatic nitrogens is 3. The summed E-state index contributed by atoms with van der Waals surface area (Å²) in [6.45, 7) is 4.03. The Labute approximate surface area is 87.5 Å². The first-order valence-corrected chi connectivity index (χ1v) is 4.85. The molecule has 2 aromatic rings. The van der Waals surface area contributed by atoms with Crippen LogP contribution in [0.5, 0.6) is 0 Å². The van der Waals surface area contributed by atoms with Crippen molar-refractivity contribution in [1.29, 1.82) is 0 Å². The average molecular weight is 205 g/mol. The summed E-state index contributed by atoms with van der Waals surface area (Å²) in [5.41, 5.74) is 1.35. The number of benzene rings is 1. The topological polar surface area (TPSA) is 30.7 Å². The van der Waals surface area contributed by atoms with Crippen LogP contribution in [-0.2, 0) is 0 Å². The van der Waals surface area contributed by atoms with Gasteiger partial charge in [-0.2, -0.15) is 10.2 Å². The second kappa shape index (κ2) is 3.81. The predicted molar refractivity (Wildman–Crippen MR) is 55.4 cm³/mol. The Morgan fingerprint density at radius 1 is 1.20 bits per heavy atom. The summed E-state index contributed by atoms with van der Waals surface area (Å²) in [5.74, 6) is -0.0564. The third kappa shape index (κ3) is 1.75. The van der Waals surface area contributed by atoms with Gasteiger partial charge in [0.1, 0.15) is 5.69 Å². The van der Waals surface area contributed by atoms with Gasteiger partial charge in [0.2, 0.25) is 0 Å². The molecule has 0 aliphatic heterocycles. The largest absolute Gasteiger partial charge is 0.205 e. The summed E-state index contributed by atoms with van der Waals surface area (Å²) in [5, 5.41) is 7.91. The van der Waals surface area contributed by atoms with Crippen LogP contribution in [0.4, 0.5) is 4.39 Å². The summed E-state index contributed by atoms with van der Waals surface area (Å²) < 4.78 is 13.7. The van der Waals surface area contributed by atoms with Crippen molar-refractivity contribution in [2.24, 2.45) is 0 Å². The lowest BCUT2D eigenvalue weighted by molar-refractivity contribution is 0.588. The summed E-state index contributed by atoms with van der Waals surface area (Å²) >= 11 is 0. The molecular weight excluding hydrogens is 193 g/mol. The Morgan fingerprint density at radius 2 is 1.87 bits per heavy atom. The minimum absolute atomic E-state index is 0.238. The van der Waals surface area contributed by atoms with Gasteiger partial charge in [-0.05, 0) is 17.5 Å². The number of para-hydroxylation sites is 1. The molecule has 0 atom stereocenters. The van der Waals surface area contributed by atoms with E-state index in [2.05, 4.69) is 10.2 Å². The van der Waals surface area contributed by atoms with E-state index in [0.29, 0.717) is 5.69 Å². The van der Waals surface area contributed by atoms with Gasteiger partial charge in [0.15, 0.2) is 5.82 Å². The smallest absolute Gasteiger partial charge is 0.150 e. The van der Waals surface area contributed by atoms with E-state index >= 15 is 0 Å². The molecule has 1 aromatic carbocycles. The molecule has 0 amide bonds. The van der Waals surface area contributed by atoms with Crippen molar-refractivity contribution in [1.82, 2.24) is 15.0 Å². The molecular formula is C11H12FN3. The number of nitrogens with zero attached hydrogens (tertiary/aromatic N) is 3. The third-order valence-corrected chi connectivity index (χ3v) is 2.26. The van der Waals surface area contributed by atoms with Crippen LogP contribution < -0.4 is 0 Å². The van der Waals surface area contributed by atoms with Crippen LogP contribution in [-0.4, -0.2) is 15.0 Å². The number of hydrogen-bond donors (Lipinski definition) is 0. The predicted octanol–water partition coefficient (Wildman–Crippen LogP) is 2.53. The van der Waals surface area contributed by atoms with Gasteiger partial charge in [0.05, 0.1) is 12.4 Å². The van der Waals surface area contributed by atoms with Crippen molar-refractivity contribution in [3.05, 3.63) is 42.0 Å². The lowest BCUT2D eigenvalue weighted by atomic mass is 10.0. The molecule has 0 saturated carbocycles. The monoisotopic (exact) mass is 205 g/mol. The summed E-state index contributed by atoms with van der Waals surface area (Å²) in [7, 11) is 0. The van der Waals surface area contributed by atoms with E-state index in [4.69, 9.17) is 0 Å². The lowest BCUT2D eigenvalue weighted by Crippen LogP contribution is -2.07. The lowest BCUT2D eigenvalue weighted by Gasteiger charge is -2.11. The zero-order chi connectivity index (χ0) is 10.8. The first kappa shape index (κ1) is 9.83. The quantitative estimate of drug-likeness (QED) is 0.754. The maximum atomic E-state index is 13.7. The molecule has 0 unspecified atom stereocenters. The molecule has 4 heteroatoms. The maximum Gasteiger partial charge on any atom is 0.150 e. The minimum atomic E-state index is -0.294. The summed E-state index contributed by atoms with van der Waals surface area (Å²) in [6.07, 6.45) is 3.08. The van der Waals surface area contributed by atoms with Gasteiger partial charge in [-0.3, -0.25) is 0 Å². The highest BCUT2D eigenvalue weighted by atomic mass is 19.1. The maximum absolute atomic E-state index is 13.7. The van der Waals surface area contributed by atoms with E-state index < -0.39 is 0 Å². The van der Waals surface area contributed by atoms with Crippen LogP contribution in [0.25, 0.3) is 5.69 Å². The van der Waals surface area contributed by atoms with Crippen LogP contribution in [0.3, 0.4) is 0 Å². The van der Waals surface area contributed by atoms with Gasteiger partial charge in [-0.1, -0.05) is 26.0 Å². The SMILES string of the molecule is CC(C)c1cccc(F)c1-n1nccn1. The van der Waals surface area contributed by atoms with Gasteiger partial charge in [-0.15, -0.1) is 4.80 Å². The zero-order valence-corrected chi connectivity index (χ0v) is 8.68. The first-order valence-electron chi connectivity index (χ1n) is 4.85. The zero-order valence-electron chi connectivity index (χ0n) is 8.68. The Bertz CT molecular complexity index is 449. The van der Waals surface area contributed by atoms with Gasteiger partial charge >= 0.3 is 0 Å². The molecule has 0 fully saturated rings. The number of hydrogen-bond acceptors (Lipinski definition) is 2. The van der Waals surface area contributed by atoms with E-state index in [0.717, 1.165) is 5.56 Å². The molecule has 2 rings (SSSR count). The van der Waals surface area contributed by atoms with Gasteiger partial charge in [0.25, 0.3) is 0 Å². The van der Waals surface area contributed by atoms with Crippen LogP contribution in [0, 0.1) is 5.82 Å². The van der Waals surface area contributed by atoms with Crippen molar-refractivity contribution in [3.63, 3.8) is 0 Å². The fourth-order valence-electron chi connectivity index (χ4n) is 1.54. The Kier molecular flexibility index (Phi) is 2.49. The highest BCUT2D eigenvalue weighted by molar-refractivity contribution is 5.42. The van der Waals surface area contributed by atoms with Crippen molar-refractivity contribution >= 4 is 0 Å². The fraction of sp³-hybridized carbons (Fsp3) is 0.273. The molecule has 1 heterocycles.